The highest BCUT2D eigenvalue weighted by Gasteiger charge is 2.27. The SMILES string of the molecule is CCOC(=O)c1c(NC(=O)C(C#N)=Cc2ccccc2Cl)sc2c1CCCC2. The zero-order chi connectivity index (χ0) is 20.1. The number of amides is 1. The Morgan fingerprint density at radius 1 is 1.32 bits per heavy atom. The molecule has 0 unspecified atom stereocenters. The van der Waals surface area contributed by atoms with Gasteiger partial charge < -0.3 is 10.1 Å². The fourth-order valence-corrected chi connectivity index (χ4v) is 4.60. The van der Waals surface area contributed by atoms with Gasteiger partial charge in [-0.25, -0.2) is 4.79 Å². The van der Waals surface area contributed by atoms with E-state index >= 15 is 0 Å². The highest BCUT2D eigenvalue weighted by Crippen LogP contribution is 2.38. The van der Waals surface area contributed by atoms with E-state index in [4.69, 9.17) is 16.3 Å². The second-order valence-electron chi connectivity index (χ2n) is 6.28. The molecule has 1 aliphatic carbocycles. The van der Waals surface area contributed by atoms with Gasteiger partial charge in [-0.1, -0.05) is 29.8 Å². The number of fused-ring (bicyclic) bond motifs is 1. The lowest BCUT2D eigenvalue weighted by atomic mass is 9.95. The van der Waals surface area contributed by atoms with Crippen LogP contribution >= 0.6 is 22.9 Å². The molecule has 0 spiro atoms. The predicted octanol–water partition coefficient (Wildman–Crippen LogP) is 5.00. The van der Waals surface area contributed by atoms with Crippen LogP contribution in [0.4, 0.5) is 5.00 Å². The molecule has 1 N–H and O–H groups in total. The number of aryl methyl sites for hydroxylation is 1. The second-order valence-corrected chi connectivity index (χ2v) is 7.79. The first-order chi connectivity index (χ1) is 13.5. The molecular formula is C21H19ClN2O3S. The maximum Gasteiger partial charge on any atom is 0.341 e. The normalized spacial score (nSPS) is 13.4. The molecule has 1 amide bonds. The minimum absolute atomic E-state index is 0.0886. The molecule has 1 aromatic carbocycles. The smallest absolute Gasteiger partial charge is 0.341 e. The van der Waals surface area contributed by atoms with Crippen molar-refractivity contribution in [1.82, 2.24) is 0 Å². The molecule has 0 aliphatic heterocycles. The maximum atomic E-state index is 12.7. The third-order valence-corrected chi connectivity index (χ3v) is 6.00. The van der Waals surface area contributed by atoms with Gasteiger partial charge in [-0.3, -0.25) is 4.79 Å². The number of anilines is 1. The molecular weight excluding hydrogens is 396 g/mol. The van der Waals surface area contributed by atoms with Crippen molar-refractivity contribution in [3.63, 3.8) is 0 Å². The van der Waals surface area contributed by atoms with Crippen molar-refractivity contribution < 1.29 is 14.3 Å². The Morgan fingerprint density at radius 2 is 2.07 bits per heavy atom. The van der Waals surface area contributed by atoms with Crippen molar-refractivity contribution in [1.29, 1.82) is 5.26 Å². The van der Waals surface area contributed by atoms with E-state index in [9.17, 15) is 14.9 Å². The molecule has 0 saturated heterocycles. The highest BCUT2D eigenvalue weighted by atomic mass is 35.5. The highest BCUT2D eigenvalue weighted by molar-refractivity contribution is 7.17. The summed E-state index contributed by atoms with van der Waals surface area (Å²) in [5, 5.41) is 13.1. The lowest BCUT2D eigenvalue weighted by Crippen LogP contribution is -2.16. The molecule has 1 aromatic heterocycles. The molecule has 0 radical (unpaired) electrons. The fraction of sp³-hybridized carbons (Fsp3) is 0.286. The molecule has 5 nitrogen and oxygen atoms in total. The average molecular weight is 415 g/mol. The van der Waals surface area contributed by atoms with Crippen LogP contribution in [0.5, 0.6) is 0 Å². The largest absolute Gasteiger partial charge is 0.462 e. The topological polar surface area (TPSA) is 79.2 Å². The van der Waals surface area contributed by atoms with Gasteiger partial charge in [0.2, 0.25) is 0 Å². The van der Waals surface area contributed by atoms with Crippen LogP contribution in [0.1, 0.15) is 46.1 Å². The summed E-state index contributed by atoms with van der Waals surface area (Å²) in [4.78, 5) is 26.3. The van der Waals surface area contributed by atoms with Crippen LogP contribution in [0.2, 0.25) is 5.02 Å². The Balaban J connectivity index is 1.93. The van der Waals surface area contributed by atoms with E-state index in [1.165, 1.54) is 17.4 Å². The standard InChI is InChI=1S/C21H19ClN2O3S/c1-2-27-21(26)18-15-8-4-6-10-17(15)28-20(18)24-19(25)14(12-23)11-13-7-3-5-9-16(13)22/h3,5,7,9,11H,2,4,6,8,10H2,1H3,(H,24,25). The van der Waals surface area contributed by atoms with Gasteiger partial charge in [0, 0.05) is 9.90 Å². The van der Waals surface area contributed by atoms with Crippen molar-refractivity contribution in [2.75, 3.05) is 11.9 Å². The van der Waals surface area contributed by atoms with E-state index < -0.39 is 11.9 Å². The van der Waals surface area contributed by atoms with Crippen LogP contribution in [0.15, 0.2) is 29.8 Å². The number of carbonyl (C=O) groups excluding carboxylic acids is 2. The quantitative estimate of drug-likeness (QED) is 0.424. The van der Waals surface area contributed by atoms with Crippen LogP contribution in [0.3, 0.4) is 0 Å². The minimum atomic E-state index is -0.577. The van der Waals surface area contributed by atoms with E-state index in [0.29, 0.717) is 21.2 Å². The summed E-state index contributed by atoms with van der Waals surface area (Å²) in [5.41, 5.74) is 1.87. The molecule has 0 atom stereocenters. The van der Waals surface area contributed by atoms with Crippen molar-refractivity contribution in [3.8, 4) is 6.07 Å². The molecule has 0 fully saturated rings. The van der Waals surface area contributed by atoms with Crippen LogP contribution in [-0.4, -0.2) is 18.5 Å². The first-order valence-electron chi connectivity index (χ1n) is 9.04. The number of hydrogen-bond donors (Lipinski definition) is 1. The maximum absolute atomic E-state index is 12.7. The van der Waals surface area contributed by atoms with E-state index in [1.807, 2.05) is 6.07 Å². The number of nitriles is 1. The molecule has 7 heteroatoms. The second kappa shape index (κ2) is 9.05. The molecule has 28 heavy (non-hydrogen) atoms. The summed E-state index contributed by atoms with van der Waals surface area (Å²) in [6, 6.07) is 8.87. The van der Waals surface area contributed by atoms with E-state index in [2.05, 4.69) is 5.32 Å². The Bertz CT molecular complexity index is 988. The lowest BCUT2D eigenvalue weighted by molar-refractivity contribution is -0.112. The number of ether oxygens (including phenoxy) is 1. The summed E-state index contributed by atoms with van der Waals surface area (Å²) < 4.78 is 5.19. The van der Waals surface area contributed by atoms with Gasteiger partial charge in [0.15, 0.2) is 0 Å². The van der Waals surface area contributed by atoms with Crippen molar-refractivity contribution >= 4 is 45.9 Å². The molecule has 0 bridgehead atoms. The van der Waals surface area contributed by atoms with Crippen LogP contribution in [-0.2, 0) is 22.4 Å². The molecule has 1 aliphatic rings. The van der Waals surface area contributed by atoms with Gasteiger partial charge in [0.25, 0.3) is 5.91 Å². The number of esters is 1. The lowest BCUT2D eigenvalue weighted by Gasteiger charge is -2.12. The molecule has 2 aromatic rings. The van der Waals surface area contributed by atoms with Crippen molar-refractivity contribution in [2.45, 2.75) is 32.6 Å². The predicted molar refractivity (Wildman–Crippen MR) is 111 cm³/mol. The summed E-state index contributed by atoms with van der Waals surface area (Å²) in [7, 11) is 0. The van der Waals surface area contributed by atoms with Crippen LogP contribution < -0.4 is 5.32 Å². The molecule has 1 heterocycles. The molecule has 0 saturated carbocycles. The van der Waals surface area contributed by atoms with E-state index in [-0.39, 0.29) is 12.2 Å². The monoisotopic (exact) mass is 414 g/mol. The van der Waals surface area contributed by atoms with Crippen molar-refractivity contribution in [2.24, 2.45) is 0 Å². The first-order valence-corrected chi connectivity index (χ1v) is 10.2. The number of hydrogen-bond acceptors (Lipinski definition) is 5. The zero-order valence-corrected chi connectivity index (χ0v) is 17.0. The Hall–Kier alpha value is -2.62. The number of nitrogens with one attached hydrogen (secondary N) is 1. The van der Waals surface area contributed by atoms with Gasteiger partial charge >= 0.3 is 5.97 Å². The number of halogens is 1. The minimum Gasteiger partial charge on any atom is -0.462 e. The van der Waals surface area contributed by atoms with E-state index in [0.717, 1.165) is 36.1 Å². The summed E-state index contributed by atoms with van der Waals surface area (Å²) in [5.74, 6) is -1.02. The van der Waals surface area contributed by atoms with E-state index in [1.54, 1.807) is 31.2 Å². The molecule has 3 rings (SSSR count). The third-order valence-electron chi connectivity index (χ3n) is 4.45. The Morgan fingerprint density at radius 3 is 2.79 bits per heavy atom. The van der Waals surface area contributed by atoms with Gasteiger partial charge in [-0.05, 0) is 55.9 Å². The number of thiophene rings is 1. The number of nitrogens with zero attached hydrogens (tertiary/aromatic N) is 1. The number of carbonyl (C=O) groups is 2. The Kier molecular flexibility index (Phi) is 6.50. The summed E-state index contributed by atoms with van der Waals surface area (Å²) >= 11 is 7.50. The van der Waals surface area contributed by atoms with Gasteiger partial charge in [-0.15, -0.1) is 11.3 Å². The molecule has 144 valence electrons. The fourth-order valence-electron chi connectivity index (χ4n) is 3.14. The first kappa shape index (κ1) is 20.1. The number of benzene rings is 1. The van der Waals surface area contributed by atoms with Gasteiger partial charge in [-0.2, -0.15) is 5.26 Å². The Labute approximate surface area is 172 Å². The third kappa shape index (κ3) is 4.27. The van der Waals surface area contributed by atoms with Crippen LogP contribution in [0.25, 0.3) is 6.08 Å². The summed E-state index contributed by atoms with van der Waals surface area (Å²) in [6.45, 7) is 2.00. The van der Waals surface area contributed by atoms with Crippen LogP contribution in [0, 0.1) is 11.3 Å². The number of rotatable bonds is 5. The van der Waals surface area contributed by atoms with Gasteiger partial charge in [0.1, 0.15) is 16.6 Å². The summed E-state index contributed by atoms with van der Waals surface area (Å²) in [6.07, 6.45) is 5.16. The van der Waals surface area contributed by atoms with Crippen molar-refractivity contribution in [3.05, 3.63) is 56.4 Å². The van der Waals surface area contributed by atoms with Gasteiger partial charge in [0.05, 0.1) is 12.2 Å². The average Bonchev–Trinajstić information content (AvgIpc) is 3.05. The zero-order valence-electron chi connectivity index (χ0n) is 15.4.